The lowest BCUT2D eigenvalue weighted by Crippen LogP contribution is -2.42. The van der Waals surface area contributed by atoms with Gasteiger partial charge in [-0.2, -0.15) is 0 Å². The van der Waals surface area contributed by atoms with Crippen molar-refractivity contribution in [2.24, 2.45) is 17.8 Å². The summed E-state index contributed by atoms with van der Waals surface area (Å²) in [6, 6.07) is 0.291. The second-order valence-electron chi connectivity index (χ2n) is 7.37. The first kappa shape index (κ1) is 17.7. The highest BCUT2D eigenvalue weighted by molar-refractivity contribution is 5.91. The third kappa shape index (κ3) is 4.31. The highest BCUT2D eigenvalue weighted by atomic mass is 16.7. The maximum atomic E-state index is 12.6. The zero-order valence-electron chi connectivity index (χ0n) is 14.7. The van der Waals surface area contributed by atoms with Crippen molar-refractivity contribution in [1.82, 2.24) is 5.32 Å². The zero-order valence-corrected chi connectivity index (χ0v) is 14.7. The average molecular weight is 337 g/mol. The van der Waals surface area contributed by atoms with Crippen LogP contribution in [0.15, 0.2) is 11.8 Å². The molecule has 2 fully saturated rings. The first-order valence-electron chi connectivity index (χ1n) is 9.64. The van der Waals surface area contributed by atoms with E-state index in [9.17, 15) is 9.90 Å². The zero-order chi connectivity index (χ0) is 16.9. The van der Waals surface area contributed by atoms with Gasteiger partial charge in [0.1, 0.15) is 0 Å². The lowest BCUT2D eigenvalue weighted by atomic mass is 9.82. The second kappa shape index (κ2) is 8.34. The van der Waals surface area contributed by atoms with Crippen LogP contribution in [0.3, 0.4) is 0 Å². The SMILES string of the molecule is CCO[C@H]1OC(C(=O)NC2CCCC2)=C[C@@H](C2CC2)[C@@H]1CCCO. The van der Waals surface area contributed by atoms with E-state index in [1.165, 1.54) is 25.7 Å². The number of amides is 1. The molecule has 5 nitrogen and oxygen atoms in total. The predicted octanol–water partition coefficient (Wildman–Crippen LogP) is 2.74. The van der Waals surface area contributed by atoms with Crippen molar-refractivity contribution in [3.8, 4) is 0 Å². The van der Waals surface area contributed by atoms with Crippen molar-refractivity contribution in [1.29, 1.82) is 0 Å². The van der Waals surface area contributed by atoms with Gasteiger partial charge in [0.15, 0.2) is 5.76 Å². The summed E-state index contributed by atoms with van der Waals surface area (Å²) in [5.74, 6) is 1.55. The standard InChI is InChI=1S/C19H31NO4/c1-2-23-19-15(8-5-11-21)16(13-9-10-13)12-17(24-19)18(22)20-14-6-3-4-7-14/h12-16,19,21H,2-11H2,1H3,(H,20,22)/t15-,16-,19-/m0/s1. The van der Waals surface area contributed by atoms with E-state index in [4.69, 9.17) is 9.47 Å². The van der Waals surface area contributed by atoms with Crippen molar-refractivity contribution in [3.05, 3.63) is 11.8 Å². The number of nitrogens with one attached hydrogen (secondary N) is 1. The van der Waals surface area contributed by atoms with Gasteiger partial charge in [-0.15, -0.1) is 0 Å². The molecule has 24 heavy (non-hydrogen) atoms. The number of carbonyl (C=O) groups excluding carboxylic acids is 1. The maximum Gasteiger partial charge on any atom is 0.286 e. The van der Waals surface area contributed by atoms with E-state index in [-0.39, 0.29) is 24.7 Å². The largest absolute Gasteiger partial charge is 0.459 e. The molecule has 3 aliphatic rings. The van der Waals surface area contributed by atoms with E-state index in [1.807, 2.05) is 13.0 Å². The van der Waals surface area contributed by atoms with Gasteiger partial charge in [0.2, 0.25) is 6.29 Å². The predicted molar refractivity (Wildman–Crippen MR) is 91.0 cm³/mol. The van der Waals surface area contributed by atoms with Gasteiger partial charge in [-0.1, -0.05) is 12.8 Å². The van der Waals surface area contributed by atoms with Crippen LogP contribution >= 0.6 is 0 Å². The molecule has 2 N–H and O–H groups in total. The number of rotatable bonds is 8. The smallest absolute Gasteiger partial charge is 0.286 e. The van der Waals surface area contributed by atoms with Crippen molar-refractivity contribution < 1.29 is 19.4 Å². The summed E-state index contributed by atoms with van der Waals surface area (Å²) in [4.78, 5) is 12.6. The molecule has 1 heterocycles. The van der Waals surface area contributed by atoms with Crippen LogP contribution in [0.4, 0.5) is 0 Å². The van der Waals surface area contributed by atoms with Crippen LogP contribution in [0.2, 0.25) is 0 Å². The fourth-order valence-electron chi connectivity index (χ4n) is 4.13. The third-order valence-corrected chi connectivity index (χ3v) is 5.54. The van der Waals surface area contributed by atoms with Gasteiger partial charge in [-0.25, -0.2) is 0 Å². The fourth-order valence-corrected chi connectivity index (χ4v) is 4.13. The van der Waals surface area contributed by atoms with Crippen LogP contribution in [0.25, 0.3) is 0 Å². The molecule has 2 saturated carbocycles. The Bertz CT molecular complexity index is 454. The van der Waals surface area contributed by atoms with E-state index < -0.39 is 0 Å². The van der Waals surface area contributed by atoms with Crippen LogP contribution in [0.1, 0.15) is 58.3 Å². The van der Waals surface area contributed by atoms with Gasteiger partial charge in [-0.05, 0) is 63.4 Å². The van der Waals surface area contributed by atoms with Gasteiger partial charge in [0.25, 0.3) is 5.91 Å². The average Bonchev–Trinajstić information content (AvgIpc) is 3.30. The first-order valence-corrected chi connectivity index (χ1v) is 9.64. The summed E-state index contributed by atoms with van der Waals surface area (Å²) in [5.41, 5.74) is 0. The molecular formula is C19H31NO4. The Balaban J connectivity index is 1.71. The van der Waals surface area contributed by atoms with Crippen LogP contribution in [0.5, 0.6) is 0 Å². The van der Waals surface area contributed by atoms with Gasteiger partial charge in [-0.3, -0.25) is 4.79 Å². The van der Waals surface area contributed by atoms with E-state index in [0.717, 1.165) is 25.7 Å². The topological polar surface area (TPSA) is 67.8 Å². The van der Waals surface area contributed by atoms with Crippen LogP contribution in [-0.4, -0.2) is 36.6 Å². The molecule has 0 aromatic carbocycles. The monoisotopic (exact) mass is 337 g/mol. The molecular weight excluding hydrogens is 306 g/mol. The molecule has 5 heteroatoms. The highest BCUT2D eigenvalue weighted by Crippen LogP contribution is 2.47. The summed E-state index contributed by atoms with van der Waals surface area (Å²) in [6.45, 7) is 2.70. The molecule has 2 aliphatic carbocycles. The second-order valence-corrected chi connectivity index (χ2v) is 7.37. The molecule has 0 bridgehead atoms. The highest BCUT2D eigenvalue weighted by Gasteiger charge is 2.44. The fraction of sp³-hybridized carbons (Fsp3) is 0.842. The lowest BCUT2D eigenvalue weighted by molar-refractivity contribution is -0.174. The lowest BCUT2D eigenvalue weighted by Gasteiger charge is -2.37. The summed E-state index contributed by atoms with van der Waals surface area (Å²) in [6.07, 6.45) is 10.2. The van der Waals surface area contributed by atoms with Gasteiger partial charge in [0, 0.05) is 25.2 Å². The van der Waals surface area contributed by atoms with E-state index >= 15 is 0 Å². The Morgan fingerprint density at radius 2 is 2.08 bits per heavy atom. The number of hydrogen-bond donors (Lipinski definition) is 2. The molecule has 0 radical (unpaired) electrons. The molecule has 1 aliphatic heterocycles. The van der Waals surface area contributed by atoms with Crippen LogP contribution in [-0.2, 0) is 14.3 Å². The Kier molecular flexibility index (Phi) is 6.17. The number of hydrogen-bond acceptors (Lipinski definition) is 4. The molecule has 0 aromatic heterocycles. The summed E-state index contributed by atoms with van der Waals surface area (Å²) < 4.78 is 11.8. The maximum absolute atomic E-state index is 12.6. The number of allylic oxidation sites excluding steroid dienone is 1. The van der Waals surface area contributed by atoms with E-state index in [1.54, 1.807) is 0 Å². The Morgan fingerprint density at radius 1 is 1.33 bits per heavy atom. The van der Waals surface area contributed by atoms with Crippen LogP contribution < -0.4 is 5.32 Å². The van der Waals surface area contributed by atoms with E-state index in [0.29, 0.717) is 30.2 Å². The number of aliphatic hydroxyl groups excluding tert-OH is 1. The van der Waals surface area contributed by atoms with E-state index in [2.05, 4.69) is 5.32 Å². The third-order valence-electron chi connectivity index (χ3n) is 5.54. The van der Waals surface area contributed by atoms with Gasteiger partial charge >= 0.3 is 0 Å². The minimum absolute atomic E-state index is 0.0853. The Morgan fingerprint density at radius 3 is 2.71 bits per heavy atom. The number of aliphatic hydroxyl groups is 1. The molecule has 136 valence electrons. The Labute approximate surface area is 144 Å². The van der Waals surface area contributed by atoms with Crippen molar-refractivity contribution >= 4 is 5.91 Å². The van der Waals surface area contributed by atoms with Crippen molar-refractivity contribution in [3.63, 3.8) is 0 Å². The molecule has 1 amide bonds. The summed E-state index contributed by atoms with van der Waals surface area (Å²) in [5, 5.41) is 12.3. The first-order chi connectivity index (χ1) is 11.7. The summed E-state index contributed by atoms with van der Waals surface area (Å²) >= 11 is 0. The minimum Gasteiger partial charge on any atom is -0.459 e. The molecule has 0 spiro atoms. The minimum atomic E-state index is -0.374. The van der Waals surface area contributed by atoms with Gasteiger partial charge in [0.05, 0.1) is 0 Å². The normalized spacial score (nSPS) is 30.8. The Hall–Kier alpha value is -1.07. The molecule has 0 unspecified atom stereocenters. The number of carbonyl (C=O) groups is 1. The molecule has 0 saturated heterocycles. The van der Waals surface area contributed by atoms with Gasteiger partial charge < -0.3 is 19.9 Å². The van der Waals surface area contributed by atoms with Crippen molar-refractivity contribution in [2.75, 3.05) is 13.2 Å². The summed E-state index contributed by atoms with van der Waals surface area (Å²) in [7, 11) is 0. The molecule has 0 aromatic rings. The quantitative estimate of drug-likeness (QED) is 0.715. The number of ether oxygens (including phenoxy) is 2. The van der Waals surface area contributed by atoms with Crippen LogP contribution in [0, 0.1) is 17.8 Å². The molecule has 3 atom stereocenters. The molecule has 3 rings (SSSR count). The van der Waals surface area contributed by atoms with Crippen molar-refractivity contribution in [2.45, 2.75) is 70.6 Å².